The van der Waals surface area contributed by atoms with Gasteiger partial charge >= 0.3 is 0 Å². The molecular formula is C17H20N2O6S. The maximum Gasteiger partial charge on any atom is 0.269 e. The Bertz CT molecular complexity index is 820. The molecule has 0 N–H and O–H groups in total. The van der Waals surface area contributed by atoms with Gasteiger partial charge in [-0.3, -0.25) is 10.1 Å². The van der Waals surface area contributed by atoms with Crippen LogP contribution in [0.3, 0.4) is 0 Å². The van der Waals surface area contributed by atoms with Crippen LogP contribution in [0.1, 0.15) is 5.56 Å². The lowest BCUT2D eigenvalue weighted by molar-refractivity contribution is -0.384. The summed E-state index contributed by atoms with van der Waals surface area (Å²) < 4.78 is 37.5. The van der Waals surface area contributed by atoms with Crippen LogP contribution >= 0.6 is 0 Å². The number of non-ortho nitro benzene ring substituents is 1. The molecule has 140 valence electrons. The molecular weight excluding hydrogens is 360 g/mol. The second-order valence-electron chi connectivity index (χ2n) is 5.44. The van der Waals surface area contributed by atoms with Crippen LogP contribution in [-0.4, -0.2) is 44.7 Å². The van der Waals surface area contributed by atoms with E-state index in [4.69, 9.17) is 9.47 Å². The van der Waals surface area contributed by atoms with Crippen LogP contribution in [-0.2, 0) is 26.0 Å². The van der Waals surface area contributed by atoms with Gasteiger partial charge in [0, 0.05) is 32.9 Å². The smallest absolute Gasteiger partial charge is 0.269 e. The number of nitro groups is 1. The monoisotopic (exact) mass is 380 g/mol. The van der Waals surface area contributed by atoms with Crippen LogP contribution < -0.4 is 0 Å². The van der Waals surface area contributed by atoms with E-state index in [1.807, 2.05) is 30.3 Å². The number of hydrogen-bond donors (Lipinski definition) is 0. The number of sulfonamides is 1. The van der Waals surface area contributed by atoms with Crippen LogP contribution in [0.25, 0.3) is 0 Å². The fraction of sp³-hybridized carbons (Fsp3) is 0.294. The summed E-state index contributed by atoms with van der Waals surface area (Å²) in [4.78, 5) is 10.2. The van der Waals surface area contributed by atoms with E-state index in [2.05, 4.69) is 0 Å². The summed E-state index contributed by atoms with van der Waals surface area (Å²) in [5.74, 6) is 0. The number of methoxy groups -OCH3 is 2. The average molecular weight is 380 g/mol. The third kappa shape index (κ3) is 4.85. The molecule has 0 aromatic heterocycles. The van der Waals surface area contributed by atoms with Gasteiger partial charge in [-0.2, -0.15) is 4.31 Å². The molecule has 0 spiro atoms. The van der Waals surface area contributed by atoms with Gasteiger partial charge in [0.05, 0.1) is 16.4 Å². The molecule has 2 rings (SSSR count). The van der Waals surface area contributed by atoms with Gasteiger partial charge in [0.1, 0.15) is 0 Å². The predicted octanol–water partition coefficient (Wildman–Crippen LogP) is 2.40. The van der Waals surface area contributed by atoms with Crippen LogP contribution in [0.5, 0.6) is 0 Å². The van der Waals surface area contributed by atoms with Gasteiger partial charge in [-0.25, -0.2) is 8.42 Å². The molecule has 0 radical (unpaired) electrons. The summed E-state index contributed by atoms with van der Waals surface area (Å²) >= 11 is 0. The van der Waals surface area contributed by atoms with Crippen molar-refractivity contribution in [1.29, 1.82) is 0 Å². The van der Waals surface area contributed by atoms with E-state index >= 15 is 0 Å². The quantitative estimate of drug-likeness (QED) is 0.376. The average Bonchev–Trinajstić information content (AvgIpc) is 2.65. The predicted molar refractivity (Wildman–Crippen MR) is 94.9 cm³/mol. The minimum atomic E-state index is -3.91. The van der Waals surface area contributed by atoms with Gasteiger partial charge in [0.15, 0.2) is 6.29 Å². The van der Waals surface area contributed by atoms with Gasteiger partial charge in [-0.15, -0.1) is 0 Å². The van der Waals surface area contributed by atoms with E-state index in [-0.39, 0.29) is 23.7 Å². The molecule has 0 saturated heterocycles. The zero-order valence-corrected chi connectivity index (χ0v) is 15.3. The maximum atomic E-state index is 13.0. The number of nitrogens with zero attached hydrogens (tertiary/aromatic N) is 2. The Balaban J connectivity index is 2.36. The minimum Gasteiger partial charge on any atom is -0.354 e. The molecule has 0 bridgehead atoms. The molecule has 9 heteroatoms. The Morgan fingerprint density at radius 2 is 1.62 bits per heavy atom. The molecule has 0 aliphatic heterocycles. The number of benzene rings is 2. The SMILES string of the molecule is COC(CN(Cc1ccccc1)S(=O)(=O)c1ccc([N+](=O)[O-])cc1)OC. The number of nitro benzene ring substituents is 1. The normalized spacial score (nSPS) is 11.8. The first kappa shape index (κ1) is 20.0. The Morgan fingerprint density at radius 1 is 1.04 bits per heavy atom. The van der Waals surface area contributed by atoms with Crippen molar-refractivity contribution in [2.24, 2.45) is 0 Å². The van der Waals surface area contributed by atoms with Gasteiger partial charge in [0.25, 0.3) is 5.69 Å². The largest absolute Gasteiger partial charge is 0.354 e. The van der Waals surface area contributed by atoms with Gasteiger partial charge in [0.2, 0.25) is 10.0 Å². The molecule has 0 fully saturated rings. The first-order chi connectivity index (χ1) is 12.4. The minimum absolute atomic E-state index is 0.0266. The van der Waals surface area contributed by atoms with Crippen molar-refractivity contribution < 1.29 is 22.8 Å². The highest BCUT2D eigenvalue weighted by atomic mass is 32.2. The highest BCUT2D eigenvalue weighted by molar-refractivity contribution is 7.89. The molecule has 0 heterocycles. The molecule has 0 atom stereocenters. The Kier molecular flexibility index (Phi) is 6.81. The molecule has 26 heavy (non-hydrogen) atoms. The topological polar surface area (TPSA) is 99.0 Å². The number of rotatable bonds is 9. The molecule has 0 unspecified atom stereocenters. The van der Waals surface area contributed by atoms with Crippen LogP contribution in [0.15, 0.2) is 59.5 Å². The second-order valence-corrected chi connectivity index (χ2v) is 7.37. The van der Waals surface area contributed by atoms with E-state index in [0.29, 0.717) is 0 Å². The van der Waals surface area contributed by atoms with Gasteiger partial charge < -0.3 is 9.47 Å². The van der Waals surface area contributed by atoms with Gasteiger partial charge in [-0.05, 0) is 17.7 Å². The fourth-order valence-electron chi connectivity index (χ4n) is 2.34. The number of hydrogen-bond acceptors (Lipinski definition) is 6. The van der Waals surface area contributed by atoms with Crippen molar-refractivity contribution in [2.45, 2.75) is 17.7 Å². The van der Waals surface area contributed by atoms with Crippen LogP contribution in [0, 0.1) is 10.1 Å². The van der Waals surface area contributed by atoms with Crippen LogP contribution in [0.4, 0.5) is 5.69 Å². The molecule has 2 aromatic carbocycles. The Morgan fingerprint density at radius 3 is 2.12 bits per heavy atom. The van der Waals surface area contributed by atoms with Gasteiger partial charge in [-0.1, -0.05) is 30.3 Å². The van der Waals surface area contributed by atoms with Crippen molar-refractivity contribution in [1.82, 2.24) is 4.31 Å². The van der Waals surface area contributed by atoms with Crippen molar-refractivity contribution in [3.8, 4) is 0 Å². The molecule has 0 amide bonds. The lowest BCUT2D eigenvalue weighted by atomic mass is 10.2. The Hall–Kier alpha value is -2.33. The molecule has 0 saturated carbocycles. The van der Waals surface area contributed by atoms with E-state index in [1.165, 1.54) is 30.7 Å². The molecule has 2 aromatic rings. The molecule has 0 aliphatic rings. The van der Waals surface area contributed by atoms with E-state index in [9.17, 15) is 18.5 Å². The van der Waals surface area contributed by atoms with E-state index < -0.39 is 21.2 Å². The lowest BCUT2D eigenvalue weighted by Crippen LogP contribution is -2.38. The summed E-state index contributed by atoms with van der Waals surface area (Å²) in [7, 11) is -1.06. The van der Waals surface area contributed by atoms with Crippen molar-refractivity contribution in [3.63, 3.8) is 0 Å². The van der Waals surface area contributed by atoms with Crippen molar-refractivity contribution >= 4 is 15.7 Å². The highest BCUT2D eigenvalue weighted by Crippen LogP contribution is 2.22. The third-order valence-corrected chi connectivity index (χ3v) is 5.59. The highest BCUT2D eigenvalue weighted by Gasteiger charge is 2.28. The summed E-state index contributed by atoms with van der Waals surface area (Å²) in [6, 6.07) is 13.9. The van der Waals surface area contributed by atoms with E-state index in [1.54, 1.807) is 0 Å². The fourth-order valence-corrected chi connectivity index (χ4v) is 3.75. The Labute approximate surface area is 152 Å². The lowest BCUT2D eigenvalue weighted by Gasteiger charge is -2.25. The van der Waals surface area contributed by atoms with Crippen molar-refractivity contribution in [2.75, 3.05) is 20.8 Å². The first-order valence-corrected chi connectivity index (χ1v) is 9.16. The summed E-state index contributed by atoms with van der Waals surface area (Å²) in [5, 5.41) is 10.8. The molecule has 8 nitrogen and oxygen atoms in total. The number of ether oxygens (including phenoxy) is 2. The second kappa shape index (κ2) is 8.86. The third-order valence-electron chi connectivity index (χ3n) is 3.77. The standard InChI is InChI=1S/C17H20N2O6S/c1-24-17(25-2)13-18(12-14-6-4-3-5-7-14)26(22,23)16-10-8-15(9-11-16)19(20)21/h3-11,17H,12-13H2,1-2H3. The zero-order chi connectivity index (χ0) is 19.2. The molecule has 0 aliphatic carbocycles. The van der Waals surface area contributed by atoms with Crippen LogP contribution in [0.2, 0.25) is 0 Å². The van der Waals surface area contributed by atoms with E-state index in [0.717, 1.165) is 17.7 Å². The van der Waals surface area contributed by atoms with Crippen molar-refractivity contribution in [3.05, 3.63) is 70.3 Å². The first-order valence-electron chi connectivity index (χ1n) is 7.72. The zero-order valence-electron chi connectivity index (χ0n) is 14.4. The maximum absolute atomic E-state index is 13.0. The summed E-state index contributed by atoms with van der Waals surface area (Å²) in [5.41, 5.74) is 0.620. The summed E-state index contributed by atoms with van der Waals surface area (Å²) in [6.45, 7) is 0.0879. The summed E-state index contributed by atoms with van der Waals surface area (Å²) in [6.07, 6.45) is -0.744.